The minimum atomic E-state index is -3.96. The molecule has 2 heterocycles. The highest BCUT2D eigenvalue weighted by atomic mass is 32.2. The van der Waals surface area contributed by atoms with E-state index < -0.39 is 21.4 Å². The number of hydrogen-bond donors (Lipinski definition) is 0. The molecule has 10 heteroatoms. The molecule has 1 saturated heterocycles. The Kier molecular flexibility index (Phi) is 9.06. The molecule has 1 aromatic heterocycles. The predicted octanol–water partition coefficient (Wildman–Crippen LogP) is 3.59. The van der Waals surface area contributed by atoms with Crippen LogP contribution in [0.3, 0.4) is 0 Å². The Morgan fingerprint density at radius 2 is 2.06 bits per heavy atom. The lowest BCUT2D eigenvalue weighted by atomic mass is 9.91. The van der Waals surface area contributed by atoms with E-state index in [0.29, 0.717) is 38.4 Å². The van der Waals surface area contributed by atoms with Crippen LogP contribution in [0.5, 0.6) is 0 Å². The van der Waals surface area contributed by atoms with Crippen molar-refractivity contribution >= 4 is 15.7 Å². The summed E-state index contributed by atoms with van der Waals surface area (Å²) in [6.45, 7) is 7.81. The van der Waals surface area contributed by atoms with Crippen molar-refractivity contribution < 1.29 is 27.1 Å². The zero-order valence-electron chi connectivity index (χ0n) is 21.0. The summed E-state index contributed by atoms with van der Waals surface area (Å²) in [5, 5.41) is -0.138. The van der Waals surface area contributed by atoms with Gasteiger partial charge in [0.1, 0.15) is 5.82 Å². The predicted molar refractivity (Wildman–Crippen MR) is 130 cm³/mol. The number of hydrogen-bond acceptors (Lipinski definition) is 6. The first-order chi connectivity index (χ1) is 16.5. The van der Waals surface area contributed by atoms with E-state index in [2.05, 4.69) is 4.98 Å². The molecule has 0 bridgehead atoms. The van der Waals surface area contributed by atoms with Crippen molar-refractivity contribution in [3.8, 4) is 0 Å². The van der Waals surface area contributed by atoms with Crippen LogP contribution >= 0.6 is 0 Å². The highest BCUT2D eigenvalue weighted by Gasteiger charge is 2.29. The van der Waals surface area contributed by atoms with Crippen LogP contribution in [0.1, 0.15) is 51.3 Å². The molecule has 1 atom stereocenters. The largest absolute Gasteiger partial charge is 0.383 e. The summed E-state index contributed by atoms with van der Waals surface area (Å²) in [6, 6.07) is 5.82. The second kappa shape index (κ2) is 11.6. The fourth-order valence-corrected chi connectivity index (χ4v) is 5.61. The molecule has 0 spiro atoms. The van der Waals surface area contributed by atoms with Gasteiger partial charge in [0.25, 0.3) is 0 Å². The molecule has 1 unspecified atom stereocenters. The number of nitrogens with zero attached hydrogens (tertiary/aromatic N) is 3. The van der Waals surface area contributed by atoms with Crippen molar-refractivity contribution in [2.45, 2.75) is 70.1 Å². The van der Waals surface area contributed by atoms with Gasteiger partial charge in [0, 0.05) is 32.2 Å². The van der Waals surface area contributed by atoms with Gasteiger partial charge in [-0.15, -0.1) is 0 Å². The SMILES string of the molecule is COCCN(Cc1cnc(S(=O)(=O)Cc2ccccc2F)n1CC1CCCO1)C(=O)CC(C)(C)C. The second-order valence-corrected chi connectivity index (χ2v) is 12.1. The average molecular weight is 510 g/mol. The summed E-state index contributed by atoms with van der Waals surface area (Å²) in [4.78, 5) is 19.0. The van der Waals surface area contributed by atoms with Crippen molar-refractivity contribution in [1.82, 2.24) is 14.5 Å². The van der Waals surface area contributed by atoms with Crippen molar-refractivity contribution in [2.24, 2.45) is 5.41 Å². The lowest BCUT2D eigenvalue weighted by molar-refractivity contribution is -0.134. The normalized spacial score (nSPS) is 16.5. The van der Waals surface area contributed by atoms with Crippen LogP contribution < -0.4 is 0 Å². The molecule has 2 aromatic rings. The third kappa shape index (κ3) is 7.59. The standard InChI is InChI=1S/C25H36FN3O5S/c1-25(2,3)14-23(30)28(11-13-33-4)16-20-15-27-24(29(20)17-21-9-7-12-34-21)35(31,32)18-19-8-5-6-10-22(19)26/h5-6,8,10,15,21H,7,9,11-14,16-18H2,1-4H3. The lowest BCUT2D eigenvalue weighted by Gasteiger charge is -2.27. The number of carbonyl (C=O) groups excluding carboxylic acids is 1. The van der Waals surface area contributed by atoms with Gasteiger partial charge in [-0.2, -0.15) is 0 Å². The third-order valence-corrected chi connectivity index (χ3v) is 7.42. The molecule has 0 saturated carbocycles. The van der Waals surface area contributed by atoms with Crippen molar-refractivity contribution in [2.75, 3.05) is 26.9 Å². The molecule has 1 amide bonds. The monoisotopic (exact) mass is 509 g/mol. The minimum absolute atomic E-state index is 0.0461. The molecular formula is C25H36FN3O5S. The van der Waals surface area contributed by atoms with Crippen LogP contribution in [-0.4, -0.2) is 61.7 Å². The molecule has 1 aromatic carbocycles. The van der Waals surface area contributed by atoms with Crippen LogP contribution in [0.4, 0.5) is 4.39 Å². The quantitative estimate of drug-likeness (QED) is 0.460. The number of carbonyl (C=O) groups is 1. The first-order valence-corrected chi connectivity index (χ1v) is 13.5. The smallest absolute Gasteiger partial charge is 0.228 e. The topological polar surface area (TPSA) is 90.7 Å². The number of amides is 1. The van der Waals surface area contributed by atoms with Crippen molar-refractivity contribution in [3.63, 3.8) is 0 Å². The third-order valence-electron chi connectivity index (χ3n) is 5.85. The maximum absolute atomic E-state index is 14.2. The van der Waals surface area contributed by atoms with E-state index in [1.54, 1.807) is 22.6 Å². The molecule has 1 fully saturated rings. The zero-order valence-corrected chi connectivity index (χ0v) is 21.8. The van der Waals surface area contributed by atoms with Gasteiger partial charge in [0.05, 0.1) is 43.4 Å². The Balaban J connectivity index is 1.94. The van der Waals surface area contributed by atoms with Crippen LogP contribution in [0.2, 0.25) is 0 Å². The fourth-order valence-electron chi connectivity index (χ4n) is 4.09. The Morgan fingerprint density at radius 3 is 2.69 bits per heavy atom. The van der Waals surface area contributed by atoms with Gasteiger partial charge in [-0.1, -0.05) is 39.0 Å². The van der Waals surface area contributed by atoms with E-state index in [4.69, 9.17) is 9.47 Å². The van der Waals surface area contributed by atoms with Crippen LogP contribution in [0.15, 0.2) is 35.6 Å². The zero-order chi connectivity index (χ0) is 25.6. The summed E-state index contributed by atoms with van der Waals surface area (Å²) in [6.07, 6.45) is 3.39. The number of methoxy groups -OCH3 is 1. The van der Waals surface area contributed by atoms with E-state index >= 15 is 0 Å². The van der Waals surface area contributed by atoms with Crippen LogP contribution in [-0.2, 0) is 42.9 Å². The summed E-state index contributed by atoms with van der Waals surface area (Å²) in [5.41, 5.74) is 0.475. The van der Waals surface area contributed by atoms with Gasteiger partial charge in [0.2, 0.25) is 20.9 Å². The molecule has 8 nitrogen and oxygen atoms in total. The van der Waals surface area contributed by atoms with Gasteiger partial charge < -0.3 is 18.9 Å². The summed E-state index contributed by atoms with van der Waals surface area (Å²) in [7, 11) is -2.39. The van der Waals surface area contributed by atoms with Crippen LogP contribution in [0, 0.1) is 11.2 Å². The van der Waals surface area contributed by atoms with Crippen LogP contribution in [0.25, 0.3) is 0 Å². The number of imidazole rings is 1. The number of halogens is 1. The first-order valence-electron chi connectivity index (χ1n) is 11.9. The molecule has 0 radical (unpaired) electrons. The van der Waals surface area contributed by atoms with E-state index in [0.717, 1.165) is 12.8 Å². The summed E-state index contributed by atoms with van der Waals surface area (Å²) < 4.78 is 53.5. The minimum Gasteiger partial charge on any atom is -0.383 e. The van der Waals surface area contributed by atoms with Gasteiger partial charge in [-0.25, -0.2) is 17.8 Å². The molecule has 35 heavy (non-hydrogen) atoms. The van der Waals surface area contributed by atoms with Gasteiger partial charge in [-0.3, -0.25) is 4.79 Å². The molecule has 1 aliphatic heterocycles. The molecular weight excluding hydrogens is 473 g/mol. The Hall–Kier alpha value is -2.30. The molecule has 3 rings (SSSR count). The number of benzene rings is 1. The lowest BCUT2D eigenvalue weighted by Crippen LogP contribution is -2.36. The van der Waals surface area contributed by atoms with Crippen molar-refractivity contribution in [3.05, 3.63) is 47.5 Å². The van der Waals surface area contributed by atoms with Crippen molar-refractivity contribution in [1.29, 1.82) is 0 Å². The van der Waals surface area contributed by atoms with Gasteiger partial charge in [0.15, 0.2) is 0 Å². The first kappa shape index (κ1) is 27.3. The van der Waals surface area contributed by atoms with Gasteiger partial charge in [-0.05, 0) is 24.3 Å². The average Bonchev–Trinajstić information content (AvgIpc) is 3.42. The van der Waals surface area contributed by atoms with E-state index in [-0.39, 0.29) is 34.7 Å². The molecule has 0 N–H and O–H groups in total. The van der Waals surface area contributed by atoms with E-state index in [9.17, 15) is 17.6 Å². The number of sulfone groups is 1. The van der Waals surface area contributed by atoms with E-state index in [1.807, 2.05) is 20.8 Å². The van der Waals surface area contributed by atoms with Gasteiger partial charge >= 0.3 is 0 Å². The molecule has 1 aliphatic rings. The number of rotatable bonds is 11. The number of aromatic nitrogens is 2. The highest BCUT2D eigenvalue weighted by molar-refractivity contribution is 7.90. The fraction of sp³-hybridized carbons (Fsp3) is 0.600. The number of ether oxygens (including phenoxy) is 2. The van der Waals surface area contributed by atoms with E-state index in [1.165, 1.54) is 24.4 Å². The molecule has 194 valence electrons. The Morgan fingerprint density at radius 1 is 1.31 bits per heavy atom. The summed E-state index contributed by atoms with van der Waals surface area (Å²) in [5.74, 6) is -1.12. The maximum Gasteiger partial charge on any atom is 0.228 e. The molecule has 0 aliphatic carbocycles. The summed E-state index contributed by atoms with van der Waals surface area (Å²) >= 11 is 0. The Bertz CT molecular complexity index is 1100. The highest BCUT2D eigenvalue weighted by Crippen LogP contribution is 2.25. The second-order valence-electron chi connectivity index (χ2n) is 10.2. The maximum atomic E-state index is 14.2. The Labute approximate surface area is 207 Å².